The molecule has 2 N–H and O–H groups in total. The average Bonchev–Trinajstić information content (AvgIpc) is 2.92. The van der Waals surface area contributed by atoms with E-state index in [0.717, 1.165) is 19.1 Å². The zero-order valence-electron chi connectivity index (χ0n) is 7.06. The zero-order valence-corrected chi connectivity index (χ0v) is 7.06. The molecule has 0 radical (unpaired) electrons. The Morgan fingerprint density at radius 3 is 3.00 bits per heavy atom. The molecule has 0 aromatic carbocycles. The number of pyridine rings is 1. The van der Waals surface area contributed by atoms with Gasteiger partial charge in [0.2, 0.25) is 0 Å². The summed E-state index contributed by atoms with van der Waals surface area (Å²) in [6.45, 7) is 0. The second-order valence-corrected chi connectivity index (χ2v) is 3.05. The van der Waals surface area contributed by atoms with Crippen molar-refractivity contribution in [3.63, 3.8) is 0 Å². The van der Waals surface area contributed by atoms with E-state index >= 15 is 0 Å². The van der Waals surface area contributed by atoms with Gasteiger partial charge >= 0.3 is 0 Å². The highest BCUT2D eigenvalue weighted by molar-refractivity contribution is 5.81. The summed E-state index contributed by atoms with van der Waals surface area (Å²) >= 11 is 0. The van der Waals surface area contributed by atoms with Crippen LogP contribution < -0.4 is 10.5 Å². The van der Waals surface area contributed by atoms with Gasteiger partial charge in [0.1, 0.15) is 0 Å². The second-order valence-electron chi connectivity index (χ2n) is 3.05. The average molecular weight is 178 g/mol. The van der Waals surface area contributed by atoms with Crippen LogP contribution in [0.1, 0.15) is 23.2 Å². The fourth-order valence-corrected chi connectivity index (χ4v) is 1.05. The highest BCUT2D eigenvalue weighted by atomic mass is 16.5. The van der Waals surface area contributed by atoms with Crippen LogP contribution >= 0.6 is 0 Å². The van der Waals surface area contributed by atoms with Crippen LogP contribution in [0, 0.1) is 0 Å². The molecule has 2 rings (SSSR count). The van der Waals surface area contributed by atoms with E-state index in [-0.39, 0.29) is 11.9 Å². The van der Waals surface area contributed by atoms with Gasteiger partial charge in [0, 0.05) is 6.20 Å². The molecule has 1 fully saturated rings. The van der Waals surface area contributed by atoms with E-state index in [9.17, 15) is 4.79 Å². The summed E-state index contributed by atoms with van der Waals surface area (Å²) < 4.78 is 5.46. The predicted molar refractivity (Wildman–Crippen MR) is 47.7 cm³/mol. The van der Waals surface area contributed by atoms with Crippen molar-refractivity contribution in [2.24, 2.45) is 0 Å². The highest BCUT2D eigenvalue weighted by Crippen LogP contribution is 2.31. The molecule has 1 saturated carbocycles. The van der Waals surface area contributed by atoms with Crippen LogP contribution in [-0.2, 0) is 0 Å². The number of nitrogens with two attached hydrogens (primary N) is 1. The van der Waals surface area contributed by atoms with E-state index in [0.29, 0.717) is 11.3 Å². The van der Waals surface area contributed by atoms with E-state index < -0.39 is 0 Å². The summed E-state index contributed by atoms with van der Waals surface area (Å²) in [5, 5.41) is 0. The maximum atomic E-state index is 10.6. The first-order valence-electron chi connectivity index (χ1n) is 4.17. The van der Waals surface area contributed by atoms with E-state index in [2.05, 4.69) is 4.98 Å². The van der Waals surface area contributed by atoms with Gasteiger partial charge in [-0.25, -0.2) is 4.98 Å². The maximum absolute atomic E-state index is 10.6. The number of carbonyl (C=O) groups excluding carboxylic acids is 1. The molecule has 1 aromatic heterocycles. The van der Waals surface area contributed by atoms with Gasteiger partial charge in [-0.05, 0) is 18.9 Å². The van der Waals surface area contributed by atoms with Crippen molar-refractivity contribution in [1.29, 1.82) is 0 Å². The Morgan fingerprint density at radius 1 is 1.62 bits per heavy atom. The van der Waals surface area contributed by atoms with Gasteiger partial charge in [-0.15, -0.1) is 0 Å². The summed E-state index contributed by atoms with van der Waals surface area (Å²) in [5.74, 6) is 0.719. The molecule has 0 unspecified atom stereocenters. The van der Waals surface area contributed by atoms with Gasteiger partial charge in [0.15, 0.2) is 17.9 Å². The Balaban J connectivity index is 2.32. The van der Waals surface area contributed by atoms with Crippen LogP contribution in [0.25, 0.3) is 0 Å². The van der Waals surface area contributed by atoms with E-state index in [4.69, 9.17) is 10.5 Å². The van der Waals surface area contributed by atoms with Gasteiger partial charge in [-0.2, -0.15) is 0 Å². The fraction of sp³-hybridized carbons (Fsp3) is 0.333. The molecule has 0 spiro atoms. The van der Waals surface area contributed by atoms with E-state index in [1.165, 1.54) is 6.20 Å². The number of nitrogens with zero attached hydrogens (tertiary/aromatic N) is 1. The molecule has 1 aliphatic rings. The molecule has 1 aromatic rings. The molecule has 4 nitrogen and oxygen atoms in total. The SMILES string of the molecule is Nc1nccc(C=O)c1OC1CC1. The minimum Gasteiger partial charge on any atom is -0.486 e. The maximum Gasteiger partial charge on any atom is 0.172 e. The van der Waals surface area contributed by atoms with E-state index in [1.807, 2.05) is 0 Å². The second kappa shape index (κ2) is 3.05. The molecular weight excluding hydrogens is 168 g/mol. The Morgan fingerprint density at radius 2 is 2.38 bits per heavy atom. The van der Waals surface area contributed by atoms with Crippen molar-refractivity contribution in [2.45, 2.75) is 18.9 Å². The number of anilines is 1. The molecule has 13 heavy (non-hydrogen) atoms. The lowest BCUT2D eigenvalue weighted by molar-refractivity contribution is 0.111. The van der Waals surface area contributed by atoms with Crippen molar-refractivity contribution in [3.05, 3.63) is 17.8 Å². The Hall–Kier alpha value is -1.58. The number of hydrogen-bond donors (Lipinski definition) is 1. The molecule has 0 atom stereocenters. The first kappa shape index (κ1) is 8.04. The van der Waals surface area contributed by atoms with Crippen LogP contribution in [0.2, 0.25) is 0 Å². The van der Waals surface area contributed by atoms with Crippen LogP contribution in [0.15, 0.2) is 12.3 Å². The molecular formula is C9H10N2O2. The highest BCUT2D eigenvalue weighted by Gasteiger charge is 2.25. The number of nitrogen functional groups attached to an aromatic ring is 1. The van der Waals surface area contributed by atoms with Crippen molar-refractivity contribution in [1.82, 2.24) is 4.98 Å². The molecule has 68 valence electrons. The van der Waals surface area contributed by atoms with Crippen LogP contribution in [-0.4, -0.2) is 17.4 Å². The molecule has 0 bridgehead atoms. The molecule has 1 heterocycles. The van der Waals surface area contributed by atoms with Crippen molar-refractivity contribution >= 4 is 12.1 Å². The third kappa shape index (κ3) is 1.61. The van der Waals surface area contributed by atoms with Crippen molar-refractivity contribution < 1.29 is 9.53 Å². The molecule has 0 aliphatic heterocycles. The van der Waals surface area contributed by atoms with Gasteiger partial charge in [-0.1, -0.05) is 0 Å². The number of rotatable bonds is 3. The minimum absolute atomic E-state index is 0.227. The van der Waals surface area contributed by atoms with Gasteiger partial charge in [0.05, 0.1) is 11.7 Å². The monoisotopic (exact) mass is 178 g/mol. The lowest BCUT2D eigenvalue weighted by Crippen LogP contribution is -2.04. The number of aromatic nitrogens is 1. The summed E-state index contributed by atoms with van der Waals surface area (Å²) in [4.78, 5) is 14.5. The first-order chi connectivity index (χ1) is 6.31. The fourth-order valence-electron chi connectivity index (χ4n) is 1.05. The smallest absolute Gasteiger partial charge is 0.172 e. The number of aldehydes is 1. The lowest BCUT2D eigenvalue weighted by atomic mass is 10.2. The quantitative estimate of drug-likeness (QED) is 0.702. The third-order valence-electron chi connectivity index (χ3n) is 1.90. The van der Waals surface area contributed by atoms with Crippen LogP contribution in [0.3, 0.4) is 0 Å². The topological polar surface area (TPSA) is 65.2 Å². The standard InChI is InChI=1S/C9H10N2O2/c10-9-8(13-7-1-2-7)6(5-12)3-4-11-9/h3-5,7H,1-2H2,(H2,10,11). The summed E-state index contributed by atoms with van der Waals surface area (Å²) in [7, 11) is 0. The Kier molecular flexibility index (Phi) is 1.88. The largest absolute Gasteiger partial charge is 0.486 e. The molecule has 0 saturated heterocycles. The van der Waals surface area contributed by atoms with Crippen LogP contribution in [0.4, 0.5) is 5.82 Å². The third-order valence-corrected chi connectivity index (χ3v) is 1.90. The predicted octanol–water partition coefficient (Wildman–Crippen LogP) is 1.02. The van der Waals surface area contributed by atoms with Gasteiger partial charge < -0.3 is 10.5 Å². The van der Waals surface area contributed by atoms with Gasteiger partial charge in [-0.3, -0.25) is 4.79 Å². The Bertz CT molecular complexity index is 334. The zero-order chi connectivity index (χ0) is 9.26. The summed E-state index contributed by atoms with van der Waals surface area (Å²) in [6, 6.07) is 1.60. The first-order valence-corrected chi connectivity index (χ1v) is 4.17. The van der Waals surface area contributed by atoms with Crippen molar-refractivity contribution in [2.75, 3.05) is 5.73 Å². The number of hydrogen-bond acceptors (Lipinski definition) is 4. The Labute approximate surface area is 75.7 Å². The molecule has 1 aliphatic carbocycles. The summed E-state index contributed by atoms with van der Waals surface area (Å²) in [5.41, 5.74) is 6.05. The van der Waals surface area contributed by atoms with Crippen LogP contribution in [0.5, 0.6) is 5.75 Å². The number of ether oxygens (including phenoxy) is 1. The number of carbonyl (C=O) groups is 1. The van der Waals surface area contributed by atoms with Gasteiger partial charge in [0.25, 0.3) is 0 Å². The van der Waals surface area contributed by atoms with E-state index in [1.54, 1.807) is 6.07 Å². The normalized spacial score (nSPS) is 15.4. The van der Waals surface area contributed by atoms with Crippen molar-refractivity contribution in [3.8, 4) is 5.75 Å². The molecule has 4 heteroatoms. The lowest BCUT2D eigenvalue weighted by Gasteiger charge is -2.08. The minimum atomic E-state index is 0.227. The molecule has 0 amide bonds. The summed E-state index contributed by atoms with van der Waals surface area (Å²) in [6.07, 6.45) is 4.53.